The van der Waals surface area contributed by atoms with E-state index in [-0.39, 0.29) is 33.5 Å². The summed E-state index contributed by atoms with van der Waals surface area (Å²) >= 11 is 0. The van der Waals surface area contributed by atoms with Crippen LogP contribution in [0.3, 0.4) is 0 Å². The van der Waals surface area contributed by atoms with Crippen LogP contribution >= 0.6 is 0 Å². The number of carbonyl (C=O) groups is 1. The summed E-state index contributed by atoms with van der Waals surface area (Å²) in [5, 5.41) is 9.99. The van der Waals surface area contributed by atoms with E-state index in [1.807, 2.05) is 121 Å². The number of rotatable bonds is 4. The largest absolute Gasteiger partial charge is 1.00 e. The number of hydrogen-bond donors (Lipinski definition) is 1. The maximum absolute atomic E-state index is 11.8. The Morgan fingerprint density at radius 2 is 0.833 bits per heavy atom. The summed E-state index contributed by atoms with van der Waals surface area (Å²) < 4.78 is 0. The topological polar surface area (TPSA) is 37.3 Å². The van der Waals surface area contributed by atoms with Crippen LogP contribution in [-0.2, 0) is 0 Å². The summed E-state index contributed by atoms with van der Waals surface area (Å²) in [5.41, 5.74) is 3.33. The molecule has 0 radical (unpaired) electrons. The van der Waals surface area contributed by atoms with Gasteiger partial charge in [-0.05, 0) is 11.1 Å². The molecule has 0 aliphatic rings. The van der Waals surface area contributed by atoms with Gasteiger partial charge in [0, 0.05) is 11.1 Å². The first-order valence-corrected chi connectivity index (χ1v) is 9.18. The zero-order chi connectivity index (χ0) is 19.6. The van der Waals surface area contributed by atoms with Crippen LogP contribution in [0.2, 0.25) is 0 Å². The van der Waals surface area contributed by atoms with Gasteiger partial charge < -0.3 is 12.5 Å². The predicted molar refractivity (Wildman–Crippen MR) is 121 cm³/mol. The van der Waals surface area contributed by atoms with Gasteiger partial charge in [-0.25, -0.2) is 0 Å². The zero-order valence-corrected chi connectivity index (χ0v) is 17.5. The van der Waals surface area contributed by atoms with Gasteiger partial charge in [-0.3, -0.25) is 4.79 Å². The van der Waals surface area contributed by atoms with E-state index in [4.69, 9.17) is 0 Å². The minimum atomic E-state index is -0.516. The second kappa shape index (κ2) is 13.4. The van der Waals surface area contributed by atoms with E-state index >= 15 is 0 Å². The first kappa shape index (κ1) is 25.1. The Morgan fingerprint density at radius 3 is 1.13 bits per heavy atom. The monoisotopic (exact) mass is 389 g/mol. The first-order valence-electron chi connectivity index (χ1n) is 9.18. The van der Waals surface area contributed by atoms with Crippen LogP contribution in [0.5, 0.6) is 0 Å². The van der Waals surface area contributed by atoms with E-state index in [9.17, 15) is 9.90 Å². The third-order valence-electron chi connectivity index (χ3n) is 4.30. The molecule has 4 aromatic carbocycles. The summed E-state index contributed by atoms with van der Waals surface area (Å²) in [7, 11) is 0. The Bertz CT molecular complexity index is 898. The number of hydrogen-bond acceptors (Lipinski definition) is 2. The fourth-order valence-corrected chi connectivity index (χ4v) is 2.81. The molecule has 0 fully saturated rings. The van der Waals surface area contributed by atoms with Crippen LogP contribution < -0.4 is 18.9 Å². The molecule has 1 N–H and O–H groups in total. The minimum Gasteiger partial charge on any atom is -0.384 e. The van der Waals surface area contributed by atoms with Crippen molar-refractivity contribution in [2.45, 2.75) is 6.10 Å². The van der Waals surface area contributed by atoms with Gasteiger partial charge in [-0.15, -0.1) is 0 Å². The van der Waals surface area contributed by atoms with Crippen LogP contribution in [-0.4, -0.2) is 10.9 Å². The first-order chi connectivity index (χ1) is 13.8. The van der Waals surface area contributed by atoms with Crippen LogP contribution in [0.1, 0.15) is 34.6 Å². The number of aliphatic hydroxyl groups is 1. The van der Waals surface area contributed by atoms with Crippen molar-refractivity contribution in [1.82, 2.24) is 0 Å². The zero-order valence-electron chi connectivity index (χ0n) is 18.5. The van der Waals surface area contributed by atoms with Gasteiger partial charge in [0.25, 0.3) is 0 Å². The number of ketones is 1. The smallest absolute Gasteiger partial charge is 0.384 e. The Hall–Kier alpha value is -2.89. The van der Waals surface area contributed by atoms with Crippen molar-refractivity contribution in [2.75, 3.05) is 0 Å². The molecule has 0 bridgehead atoms. The van der Waals surface area contributed by atoms with Gasteiger partial charge in [0.1, 0.15) is 6.10 Å². The number of aliphatic hydroxyl groups excluding tert-OH is 1. The Morgan fingerprint density at radius 1 is 0.567 bits per heavy atom. The van der Waals surface area contributed by atoms with E-state index in [0.29, 0.717) is 0 Å². The summed E-state index contributed by atoms with van der Waals surface area (Å²) in [6.45, 7) is 0. The molecule has 0 saturated heterocycles. The van der Waals surface area contributed by atoms with Gasteiger partial charge in [-0.1, -0.05) is 121 Å². The molecule has 0 amide bonds. The molecule has 0 saturated carbocycles. The van der Waals surface area contributed by atoms with Crippen LogP contribution in [0.25, 0.3) is 0 Å². The molecule has 2 nitrogen and oxygen atoms in total. The summed E-state index contributed by atoms with van der Waals surface area (Å²) in [5.74, 6) is 0.0752. The Labute approximate surface area is 192 Å². The molecule has 30 heavy (non-hydrogen) atoms. The Kier molecular flexibility index (Phi) is 11.2. The Balaban J connectivity index is 0.000000529. The van der Waals surface area contributed by atoms with Crippen molar-refractivity contribution in [2.24, 2.45) is 0 Å². The number of benzene rings is 4. The molecule has 3 heteroatoms. The van der Waals surface area contributed by atoms with E-state index in [1.54, 1.807) is 0 Å². The van der Waals surface area contributed by atoms with Gasteiger partial charge in [0.05, 0.1) is 0 Å². The predicted octanol–water partition coefficient (Wildman–Crippen LogP) is 3.25. The van der Waals surface area contributed by atoms with Crippen molar-refractivity contribution < 1.29 is 30.2 Å². The number of carbonyl (C=O) groups excluding carboxylic acids is 1. The molecule has 4 aromatic rings. The van der Waals surface area contributed by atoms with Crippen molar-refractivity contribution >= 4 is 5.78 Å². The average molecular weight is 389 g/mol. The molecule has 0 aliphatic carbocycles. The van der Waals surface area contributed by atoms with Crippen LogP contribution in [0.4, 0.5) is 0 Å². The molecule has 0 spiro atoms. The fourth-order valence-electron chi connectivity index (χ4n) is 2.81. The molecule has 0 aliphatic heterocycles. The quantitative estimate of drug-likeness (QED) is 0.331. The summed E-state index contributed by atoms with van der Waals surface area (Å²) in [6.07, 6.45) is -0.516. The molecule has 0 atom stereocenters. The van der Waals surface area contributed by atoms with Crippen molar-refractivity contribution in [3.05, 3.63) is 151 Å². The maximum Gasteiger partial charge on any atom is 1.00 e. The second-order valence-electron chi connectivity index (χ2n) is 6.29. The van der Waals surface area contributed by atoms with E-state index in [1.165, 1.54) is 0 Å². The SMILES string of the molecule is O=C(c1ccccc1)c1ccccc1.OC(c1ccccc1)c1ccccc1.[CH3-].[H+].[Li+]. The summed E-state index contributed by atoms with van der Waals surface area (Å²) in [6, 6.07) is 37.9. The summed E-state index contributed by atoms with van der Waals surface area (Å²) in [4.78, 5) is 11.8. The molecule has 0 unspecified atom stereocenters. The molecule has 0 heterocycles. The standard InChI is InChI=1S/C13H12O.C13H10O.CH3.Li/c2*14-13(11-7-3-1-4-8-11)12-9-5-2-6-10-12;;/h1-10,13-14H;1-10H;1H3;/q;;-1;+1/p+1. The van der Waals surface area contributed by atoms with Crippen LogP contribution in [0, 0.1) is 7.43 Å². The van der Waals surface area contributed by atoms with E-state index in [0.717, 1.165) is 22.3 Å². The van der Waals surface area contributed by atoms with Crippen LogP contribution in [0.15, 0.2) is 121 Å². The molecular weight excluding hydrogens is 363 g/mol. The molecule has 0 aromatic heterocycles. The average Bonchev–Trinajstić information content (AvgIpc) is 2.81. The normalized spacial score (nSPS) is 9.40. The fraction of sp³-hybridized carbons (Fsp3) is 0.0370. The molecular formula is C27H26LiO2+. The maximum atomic E-state index is 11.8. The van der Waals surface area contributed by atoms with Gasteiger partial charge >= 0.3 is 20.3 Å². The van der Waals surface area contributed by atoms with Crippen molar-refractivity contribution in [1.29, 1.82) is 0 Å². The van der Waals surface area contributed by atoms with Crippen molar-refractivity contribution in [3.8, 4) is 0 Å². The molecule has 146 valence electrons. The molecule has 4 rings (SSSR count). The van der Waals surface area contributed by atoms with E-state index in [2.05, 4.69) is 0 Å². The third kappa shape index (κ3) is 7.17. The minimum absolute atomic E-state index is 0. The second-order valence-corrected chi connectivity index (χ2v) is 6.29. The van der Waals surface area contributed by atoms with E-state index < -0.39 is 6.10 Å². The van der Waals surface area contributed by atoms with Gasteiger partial charge in [0.15, 0.2) is 5.78 Å². The van der Waals surface area contributed by atoms with Crippen molar-refractivity contribution in [3.63, 3.8) is 0 Å². The van der Waals surface area contributed by atoms with Gasteiger partial charge in [-0.2, -0.15) is 0 Å². The van der Waals surface area contributed by atoms with Gasteiger partial charge in [0.2, 0.25) is 0 Å². The third-order valence-corrected chi connectivity index (χ3v) is 4.30.